The normalized spacial score (nSPS) is 20.8. The minimum absolute atomic E-state index is 0.267. The Morgan fingerprint density at radius 2 is 1.89 bits per heavy atom. The molecule has 1 aromatic rings. The summed E-state index contributed by atoms with van der Waals surface area (Å²) in [5, 5.41) is 13.9. The molecular weight excluding hydrogens is 302 g/mol. The van der Waals surface area contributed by atoms with Crippen LogP contribution in [0, 0.1) is 11.8 Å². The van der Waals surface area contributed by atoms with Crippen LogP contribution in [0.15, 0.2) is 22.7 Å². The van der Waals surface area contributed by atoms with E-state index in [9.17, 15) is 5.11 Å². The largest absolute Gasteiger partial charge is 0.508 e. The standard InChI is InChI=1S/C16H22BrNO/c1-2-14(13-9-12(17)7-8-15(13)19)18-16(10-3-4-10)11-5-6-11/h7-11,14,16,18-19H,2-6H2,1H3. The third kappa shape index (κ3) is 3.14. The molecule has 2 aliphatic carbocycles. The van der Waals surface area contributed by atoms with Crippen molar-refractivity contribution in [2.75, 3.05) is 0 Å². The van der Waals surface area contributed by atoms with Gasteiger partial charge in [-0.1, -0.05) is 22.9 Å². The lowest BCUT2D eigenvalue weighted by Gasteiger charge is -2.26. The van der Waals surface area contributed by atoms with Crippen molar-refractivity contribution in [3.8, 4) is 5.75 Å². The fraction of sp³-hybridized carbons (Fsp3) is 0.625. The molecule has 0 saturated heterocycles. The van der Waals surface area contributed by atoms with Gasteiger partial charge in [-0.05, 0) is 62.1 Å². The van der Waals surface area contributed by atoms with E-state index in [-0.39, 0.29) is 6.04 Å². The Labute approximate surface area is 123 Å². The van der Waals surface area contributed by atoms with Gasteiger partial charge in [0.25, 0.3) is 0 Å². The number of nitrogens with one attached hydrogen (secondary N) is 1. The average Bonchev–Trinajstić information content (AvgIpc) is 3.27. The van der Waals surface area contributed by atoms with E-state index in [0.29, 0.717) is 11.8 Å². The van der Waals surface area contributed by atoms with Gasteiger partial charge in [0, 0.05) is 22.1 Å². The number of benzene rings is 1. The van der Waals surface area contributed by atoms with Crippen molar-refractivity contribution in [2.45, 2.75) is 51.1 Å². The molecule has 2 saturated carbocycles. The highest BCUT2D eigenvalue weighted by Crippen LogP contribution is 2.46. The third-order valence-corrected chi connectivity index (χ3v) is 4.92. The highest BCUT2D eigenvalue weighted by Gasteiger charge is 2.42. The summed E-state index contributed by atoms with van der Waals surface area (Å²) in [5.41, 5.74) is 1.03. The van der Waals surface area contributed by atoms with Crippen LogP contribution in [0.5, 0.6) is 5.75 Å². The zero-order valence-corrected chi connectivity index (χ0v) is 13.0. The fourth-order valence-corrected chi connectivity index (χ4v) is 3.41. The SMILES string of the molecule is CCC(NC(C1CC1)C1CC1)c1cc(Br)ccc1O. The second-order valence-corrected chi connectivity index (χ2v) is 6.95. The maximum Gasteiger partial charge on any atom is 0.120 e. The molecule has 3 heteroatoms. The van der Waals surface area contributed by atoms with Gasteiger partial charge in [-0.3, -0.25) is 0 Å². The molecule has 1 atom stereocenters. The van der Waals surface area contributed by atoms with Gasteiger partial charge in [-0.2, -0.15) is 0 Å². The Morgan fingerprint density at radius 3 is 2.42 bits per heavy atom. The summed E-state index contributed by atoms with van der Waals surface area (Å²) < 4.78 is 1.04. The molecule has 3 rings (SSSR count). The van der Waals surface area contributed by atoms with E-state index in [1.807, 2.05) is 12.1 Å². The van der Waals surface area contributed by atoms with Gasteiger partial charge in [-0.25, -0.2) is 0 Å². The van der Waals surface area contributed by atoms with Gasteiger partial charge in [0.15, 0.2) is 0 Å². The summed E-state index contributed by atoms with van der Waals surface area (Å²) in [6.45, 7) is 2.19. The van der Waals surface area contributed by atoms with Crippen molar-refractivity contribution < 1.29 is 5.11 Å². The first kappa shape index (κ1) is 13.4. The topological polar surface area (TPSA) is 32.3 Å². The zero-order chi connectivity index (χ0) is 13.4. The lowest BCUT2D eigenvalue weighted by Crippen LogP contribution is -2.36. The first-order chi connectivity index (χ1) is 9.19. The molecule has 1 unspecified atom stereocenters. The quantitative estimate of drug-likeness (QED) is 0.814. The molecule has 0 aromatic heterocycles. The Hall–Kier alpha value is -0.540. The number of hydrogen-bond acceptors (Lipinski definition) is 2. The summed E-state index contributed by atoms with van der Waals surface area (Å²) in [4.78, 5) is 0. The summed E-state index contributed by atoms with van der Waals surface area (Å²) in [5.74, 6) is 2.18. The lowest BCUT2D eigenvalue weighted by atomic mass is 9.99. The van der Waals surface area contributed by atoms with Gasteiger partial charge >= 0.3 is 0 Å². The fourth-order valence-electron chi connectivity index (χ4n) is 3.03. The van der Waals surface area contributed by atoms with Crippen molar-refractivity contribution in [1.82, 2.24) is 5.32 Å². The molecule has 0 amide bonds. The summed E-state index contributed by atoms with van der Waals surface area (Å²) in [6.07, 6.45) is 6.55. The lowest BCUT2D eigenvalue weighted by molar-refractivity contribution is 0.350. The monoisotopic (exact) mass is 323 g/mol. The summed E-state index contributed by atoms with van der Waals surface area (Å²) >= 11 is 3.50. The number of aromatic hydroxyl groups is 1. The van der Waals surface area contributed by atoms with E-state index in [4.69, 9.17) is 0 Å². The van der Waals surface area contributed by atoms with Crippen LogP contribution in [0.3, 0.4) is 0 Å². The number of phenols is 1. The molecule has 0 heterocycles. The van der Waals surface area contributed by atoms with Crippen LogP contribution in [-0.2, 0) is 0 Å². The van der Waals surface area contributed by atoms with Crippen LogP contribution in [0.1, 0.15) is 50.6 Å². The molecule has 1 aromatic carbocycles. The minimum atomic E-state index is 0.267. The average molecular weight is 324 g/mol. The van der Waals surface area contributed by atoms with Gasteiger partial charge in [0.05, 0.1) is 0 Å². The Kier molecular flexibility index (Phi) is 3.86. The van der Waals surface area contributed by atoms with E-state index < -0.39 is 0 Å². The molecule has 104 valence electrons. The molecule has 0 bridgehead atoms. The van der Waals surface area contributed by atoms with Gasteiger partial charge in [0.2, 0.25) is 0 Å². The Balaban J connectivity index is 1.77. The number of hydrogen-bond donors (Lipinski definition) is 2. The molecule has 0 aliphatic heterocycles. The molecule has 2 fully saturated rings. The van der Waals surface area contributed by atoms with Crippen molar-refractivity contribution in [3.63, 3.8) is 0 Å². The molecule has 19 heavy (non-hydrogen) atoms. The predicted molar refractivity (Wildman–Crippen MR) is 81.2 cm³/mol. The van der Waals surface area contributed by atoms with Crippen molar-refractivity contribution in [3.05, 3.63) is 28.2 Å². The molecular formula is C16H22BrNO. The highest BCUT2D eigenvalue weighted by molar-refractivity contribution is 9.10. The van der Waals surface area contributed by atoms with Crippen molar-refractivity contribution in [1.29, 1.82) is 0 Å². The predicted octanol–water partition coefficient (Wildman–Crippen LogP) is 4.38. The smallest absolute Gasteiger partial charge is 0.120 e. The second kappa shape index (κ2) is 5.45. The number of rotatable bonds is 6. The Morgan fingerprint density at radius 1 is 1.26 bits per heavy atom. The molecule has 2 aliphatic rings. The third-order valence-electron chi connectivity index (χ3n) is 4.43. The van der Waals surface area contributed by atoms with Crippen LogP contribution < -0.4 is 5.32 Å². The minimum Gasteiger partial charge on any atom is -0.508 e. The van der Waals surface area contributed by atoms with Gasteiger partial charge in [-0.15, -0.1) is 0 Å². The van der Waals surface area contributed by atoms with E-state index in [0.717, 1.165) is 28.3 Å². The van der Waals surface area contributed by atoms with Crippen molar-refractivity contribution in [2.24, 2.45) is 11.8 Å². The van der Waals surface area contributed by atoms with Crippen LogP contribution in [-0.4, -0.2) is 11.1 Å². The van der Waals surface area contributed by atoms with Crippen LogP contribution >= 0.6 is 15.9 Å². The Bertz CT molecular complexity index is 442. The first-order valence-electron chi connectivity index (χ1n) is 7.43. The first-order valence-corrected chi connectivity index (χ1v) is 8.22. The van der Waals surface area contributed by atoms with E-state index >= 15 is 0 Å². The second-order valence-electron chi connectivity index (χ2n) is 6.03. The highest BCUT2D eigenvalue weighted by atomic mass is 79.9. The van der Waals surface area contributed by atoms with E-state index in [1.54, 1.807) is 6.07 Å². The zero-order valence-electron chi connectivity index (χ0n) is 11.4. The van der Waals surface area contributed by atoms with Crippen LogP contribution in [0.2, 0.25) is 0 Å². The summed E-state index contributed by atoms with van der Waals surface area (Å²) in [6, 6.07) is 6.66. The number of phenolic OH excluding ortho intramolecular Hbond substituents is 1. The molecule has 0 radical (unpaired) electrons. The van der Waals surface area contributed by atoms with Crippen molar-refractivity contribution >= 4 is 15.9 Å². The van der Waals surface area contributed by atoms with Gasteiger partial charge < -0.3 is 10.4 Å². The maximum absolute atomic E-state index is 10.1. The van der Waals surface area contributed by atoms with Crippen LogP contribution in [0.4, 0.5) is 0 Å². The maximum atomic E-state index is 10.1. The molecule has 0 spiro atoms. The molecule has 2 N–H and O–H groups in total. The summed E-state index contributed by atoms with van der Waals surface area (Å²) in [7, 11) is 0. The number of halogens is 1. The van der Waals surface area contributed by atoms with E-state index in [2.05, 4.69) is 28.2 Å². The van der Waals surface area contributed by atoms with Gasteiger partial charge in [0.1, 0.15) is 5.75 Å². The van der Waals surface area contributed by atoms with E-state index in [1.165, 1.54) is 25.7 Å². The van der Waals surface area contributed by atoms with Crippen LogP contribution in [0.25, 0.3) is 0 Å². The molecule has 2 nitrogen and oxygen atoms in total.